The summed E-state index contributed by atoms with van der Waals surface area (Å²) >= 11 is 0. The van der Waals surface area contributed by atoms with Crippen molar-refractivity contribution in [2.75, 3.05) is 11.1 Å². The summed E-state index contributed by atoms with van der Waals surface area (Å²) in [4.78, 5) is 27.3. The Morgan fingerprint density at radius 2 is 2.41 bits per heavy atom. The van der Waals surface area contributed by atoms with Crippen LogP contribution in [0.4, 0.5) is 17.5 Å². The van der Waals surface area contributed by atoms with E-state index >= 15 is 0 Å². The van der Waals surface area contributed by atoms with Crippen molar-refractivity contribution < 1.29 is 4.92 Å². The van der Waals surface area contributed by atoms with Gasteiger partial charge in [-0.15, -0.1) is 0 Å². The fraction of sp³-hybridized carbons (Fsp3) is 0.333. The fourth-order valence-electron chi connectivity index (χ4n) is 1.68. The van der Waals surface area contributed by atoms with Crippen molar-refractivity contribution in [3.8, 4) is 0 Å². The van der Waals surface area contributed by atoms with Crippen LogP contribution in [0.3, 0.4) is 0 Å². The van der Waals surface area contributed by atoms with Gasteiger partial charge in [-0.3, -0.25) is 19.9 Å². The zero-order valence-electron chi connectivity index (χ0n) is 8.84. The van der Waals surface area contributed by atoms with Gasteiger partial charge in [0.15, 0.2) is 0 Å². The molecular formula is C9H11N5O3. The Balaban J connectivity index is 2.40. The van der Waals surface area contributed by atoms with E-state index in [0.29, 0.717) is 0 Å². The number of anilines is 2. The minimum Gasteiger partial charge on any atom is -0.369 e. The lowest BCUT2D eigenvalue weighted by molar-refractivity contribution is -0.385. The van der Waals surface area contributed by atoms with Crippen molar-refractivity contribution in [2.24, 2.45) is 0 Å². The molecule has 0 saturated heterocycles. The lowest BCUT2D eigenvalue weighted by Gasteiger charge is -2.11. The third-order valence-electron chi connectivity index (χ3n) is 2.43. The van der Waals surface area contributed by atoms with Gasteiger partial charge in [0.05, 0.1) is 4.92 Å². The number of nitro groups is 1. The van der Waals surface area contributed by atoms with Crippen LogP contribution >= 0.6 is 0 Å². The van der Waals surface area contributed by atoms with E-state index in [2.05, 4.69) is 15.3 Å². The molecule has 1 aliphatic carbocycles. The van der Waals surface area contributed by atoms with E-state index in [4.69, 9.17) is 5.73 Å². The highest BCUT2D eigenvalue weighted by molar-refractivity contribution is 5.57. The largest absolute Gasteiger partial charge is 0.375 e. The molecule has 2 rings (SSSR count). The summed E-state index contributed by atoms with van der Waals surface area (Å²) in [5.41, 5.74) is 3.89. The van der Waals surface area contributed by atoms with Crippen LogP contribution in [0.1, 0.15) is 12.8 Å². The van der Waals surface area contributed by atoms with Crippen molar-refractivity contribution >= 4 is 17.5 Å². The van der Waals surface area contributed by atoms with Crippen LogP contribution in [0, 0.1) is 10.1 Å². The number of nitrogen functional groups attached to an aromatic ring is 1. The van der Waals surface area contributed by atoms with Crippen molar-refractivity contribution in [3.05, 3.63) is 32.6 Å². The van der Waals surface area contributed by atoms with E-state index in [1.165, 1.54) is 0 Å². The molecule has 1 aliphatic rings. The second-order valence-corrected chi connectivity index (χ2v) is 3.66. The highest BCUT2D eigenvalue weighted by atomic mass is 16.6. The summed E-state index contributed by atoms with van der Waals surface area (Å²) in [5, 5.41) is 13.6. The number of aromatic nitrogens is 2. The third-order valence-corrected chi connectivity index (χ3v) is 2.43. The molecule has 0 saturated carbocycles. The number of hydrogen-bond acceptors (Lipinski definition) is 6. The standard InChI is InChI=1S/C9H11N5O3/c10-9-12-7(11-5-3-1-2-4-5)6(14(16)17)8(15)13-9/h1,3,5H,2,4H2,(H4,10,11,12,13,15)/t5-/m1/s1. The SMILES string of the molecule is Nc1nc(N[C@@H]2C=CCC2)c([N+](=O)[O-])c(=O)[nH]1. The smallest absolute Gasteiger partial charge is 0.369 e. The van der Waals surface area contributed by atoms with Crippen molar-refractivity contribution in [1.29, 1.82) is 0 Å². The normalized spacial score (nSPS) is 18.2. The number of hydrogen-bond donors (Lipinski definition) is 3. The van der Waals surface area contributed by atoms with Crippen molar-refractivity contribution in [1.82, 2.24) is 9.97 Å². The maximum atomic E-state index is 11.4. The number of allylic oxidation sites excluding steroid dienone is 1. The summed E-state index contributed by atoms with van der Waals surface area (Å²) in [6, 6.07) is -0.0533. The molecule has 1 atom stereocenters. The molecule has 8 heteroatoms. The van der Waals surface area contributed by atoms with Crippen LogP contribution in [0.25, 0.3) is 0 Å². The van der Waals surface area contributed by atoms with Crippen LogP contribution in [-0.4, -0.2) is 20.9 Å². The number of nitrogens with two attached hydrogens (primary N) is 1. The lowest BCUT2D eigenvalue weighted by Crippen LogP contribution is -2.22. The van der Waals surface area contributed by atoms with Crippen LogP contribution < -0.4 is 16.6 Å². The molecule has 17 heavy (non-hydrogen) atoms. The number of nitrogens with one attached hydrogen (secondary N) is 2. The maximum Gasteiger partial charge on any atom is 0.375 e. The minimum atomic E-state index is -0.855. The van der Waals surface area contributed by atoms with Crippen LogP contribution in [0.2, 0.25) is 0 Å². The van der Waals surface area contributed by atoms with Gasteiger partial charge in [-0.05, 0) is 12.8 Å². The van der Waals surface area contributed by atoms with Crippen LogP contribution in [0.5, 0.6) is 0 Å². The number of H-pyrrole nitrogens is 1. The van der Waals surface area contributed by atoms with E-state index < -0.39 is 16.2 Å². The molecule has 4 N–H and O–H groups in total. The van der Waals surface area contributed by atoms with Crippen LogP contribution in [-0.2, 0) is 0 Å². The van der Waals surface area contributed by atoms with Gasteiger partial charge in [0, 0.05) is 6.04 Å². The van der Waals surface area contributed by atoms with Gasteiger partial charge in [0.25, 0.3) is 0 Å². The zero-order valence-corrected chi connectivity index (χ0v) is 8.84. The summed E-state index contributed by atoms with van der Waals surface area (Å²) in [6.45, 7) is 0. The molecule has 0 amide bonds. The summed E-state index contributed by atoms with van der Waals surface area (Å²) in [5.74, 6) is -0.238. The van der Waals surface area contributed by atoms with Crippen molar-refractivity contribution in [2.45, 2.75) is 18.9 Å². The second kappa shape index (κ2) is 4.24. The molecule has 0 unspecified atom stereocenters. The predicted molar refractivity (Wildman–Crippen MR) is 61.7 cm³/mol. The first-order valence-electron chi connectivity index (χ1n) is 5.05. The first-order chi connectivity index (χ1) is 8.08. The molecule has 0 aliphatic heterocycles. The average molecular weight is 237 g/mol. The topological polar surface area (TPSA) is 127 Å². The number of nitrogens with zero attached hydrogens (tertiary/aromatic N) is 2. The molecule has 0 aromatic carbocycles. The molecule has 0 spiro atoms. The first-order valence-corrected chi connectivity index (χ1v) is 5.05. The van der Waals surface area contributed by atoms with E-state index in [-0.39, 0.29) is 17.8 Å². The molecule has 1 aromatic rings. The Kier molecular flexibility index (Phi) is 2.77. The number of aromatic amines is 1. The fourth-order valence-corrected chi connectivity index (χ4v) is 1.68. The Morgan fingerprint density at radius 3 is 3.00 bits per heavy atom. The van der Waals surface area contributed by atoms with Gasteiger partial charge in [0.2, 0.25) is 11.8 Å². The summed E-state index contributed by atoms with van der Waals surface area (Å²) < 4.78 is 0. The highest BCUT2D eigenvalue weighted by Crippen LogP contribution is 2.21. The highest BCUT2D eigenvalue weighted by Gasteiger charge is 2.23. The summed E-state index contributed by atoms with van der Waals surface area (Å²) in [7, 11) is 0. The monoisotopic (exact) mass is 237 g/mol. The van der Waals surface area contributed by atoms with Gasteiger partial charge in [-0.1, -0.05) is 12.2 Å². The Bertz CT molecular complexity index is 536. The van der Waals surface area contributed by atoms with Gasteiger partial charge in [0.1, 0.15) is 0 Å². The first kappa shape index (κ1) is 11.1. The van der Waals surface area contributed by atoms with Crippen molar-refractivity contribution in [3.63, 3.8) is 0 Å². The Hall–Kier alpha value is -2.38. The molecule has 0 bridgehead atoms. The molecule has 1 aromatic heterocycles. The quantitative estimate of drug-likeness (QED) is 0.396. The van der Waals surface area contributed by atoms with Gasteiger partial charge < -0.3 is 11.1 Å². The minimum absolute atomic E-state index is 0.0533. The maximum absolute atomic E-state index is 11.4. The summed E-state index contributed by atoms with van der Waals surface area (Å²) in [6.07, 6.45) is 5.54. The van der Waals surface area contributed by atoms with Gasteiger partial charge in [-0.2, -0.15) is 4.98 Å². The van der Waals surface area contributed by atoms with Gasteiger partial charge >= 0.3 is 11.2 Å². The van der Waals surface area contributed by atoms with E-state index in [9.17, 15) is 14.9 Å². The van der Waals surface area contributed by atoms with E-state index in [0.717, 1.165) is 12.8 Å². The molecule has 8 nitrogen and oxygen atoms in total. The van der Waals surface area contributed by atoms with E-state index in [1.807, 2.05) is 12.2 Å². The predicted octanol–water partition coefficient (Wildman–Crippen LogP) is 0.391. The number of rotatable bonds is 3. The second-order valence-electron chi connectivity index (χ2n) is 3.66. The Labute approximate surface area is 95.7 Å². The molecular weight excluding hydrogens is 226 g/mol. The third kappa shape index (κ3) is 2.25. The molecule has 0 radical (unpaired) electrons. The van der Waals surface area contributed by atoms with Gasteiger partial charge in [-0.25, -0.2) is 0 Å². The lowest BCUT2D eigenvalue weighted by atomic mass is 10.2. The average Bonchev–Trinajstić information content (AvgIpc) is 2.68. The zero-order chi connectivity index (χ0) is 12.4. The van der Waals surface area contributed by atoms with Crippen LogP contribution in [0.15, 0.2) is 16.9 Å². The molecule has 0 fully saturated rings. The van der Waals surface area contributed by atoms with E-state index in [1.54, 1.807) is 0 Å². The molecule has 1 heterocycles. The Morgan fingerprint density at radius 1 is 1.65 bits per heavy atom. The molecule has 90 valence electrons.